The van der Waals surface area contributed by atoms with Crippen LogP contribution in [0.1, 0.15) is 12.8 Å². The first-order chi connectivity index (χ1) is 8.24. The highest BCUT2D eigenvalue weighted by Gasteiger charge is 2.20. The molecule has 2 aliphatic heterocycles. The number of aliphatic hydroxyl groups excluding tert-OH is 1. The summed E-state index contributed by atoms with van der Waals surface area (Å²) in [4.78, 5) is 2.42. The van der Waals surface area contributed by atoms with Crippen molar-refractivity contribution in [3.05, 3.63) is 0 Å². The Balaban J connectivity index is 1.56. The number of hydrogen-bond acceptors (Lipinski definition) is 6. The van der Waals surface area contributed by atoms with Gasteiger partial charge >= 0.3 is 0 Å². The van der Waals surface area contributed by atoms with Crippen molar-refractivity contribution in [2.24, 2.45) is 0 Å². The Morgan fingerprint density at radius 1 is 1.29 bits per heavy atom. The molecule has 2 heterocycles. The van der Waals surface area contributed by atoms with E-state index in [1.54, 1.807) is 0 Å². The number of thioether (sulfide) groups is 1. The van der Waals surface area contributed by atoms with E-state index in [9.17, 15) is 5.11 Å². The lowest BCUT2D eigenvalue weighted by Gasteiger charge is -2.31. The van der Waals surface area contributed by atoms with Crippen molar-refractivity contribution in [3.8, 4) is 0 Å². The molecular formula is C11H22N2O2S2. The molecule has 0 saturated carbocycles. The predicted octanol–water partition coefficient (Wildman–Crippen LogP) is 0.679. The van der Waals surface area contributed by atoms with E-state index in [1.165, 1.54) is 0 Å². The van der Waals surface area contributed by atoms with E-state index in [0.717, 1.165) is 57.3 Å². The zero-order valence-electron chi connectivity index (χ0n) is 10.1. The Labute approximate surface area is 113 Å². The van der Waals surface area contributed by atoms with E-state index in [-0.39, 0.29) is 6.10 Å². The zero-order chi connectivity index (χ0) is 12.1. The minimum Gasteiger partial charge on any atom is -0.393 e. The van der Waals surface area contributed by atoms with Crippen molar-refractivity contribution in [2.75, 3.05) is 44.4 Å². The van der Waals surface area contributed by atoms with E-state index in [2.05, 4.69) is 17.7 Å². The van der Waals surface area contributed by atoms with Crippen LogP contribution in [0.2, 0.25) is 0 Å². The molecule has 0 spiro atoms. The molecule has 1 unspecified atom stereocenters. The van der Waals surface area contributed by atoms with Crippen LogP contribution < -0.4 is 0 Å². The third kappa shape index (κ3) is 4.96. The van der Waals surface area contributed by atoms with Gasteiger partial charge in [0, 0.05) is 37.8 Å². The largest absolute Gasteiger partial charge is 0.393 e. The summed E-state index contributed by atoms with van der Waals surface area (Å²) in [5, 5.41) is 9.42. The second kappa shape index (κ2) is 7.21. The lowest BCUT2D eigenvalue weighted by Crippen LogP contribution is -2.39. The molecule has 0 aromatic carbocycles. The Kier molecular flexibility index (Phi) is 5.92. The van der Waals surface area contributed by atoms with Crippen LogP contribution in [0.3, 0.4) is 0 Å². The van der Waals surface area contributed by atoms with Crippen molar-refractivity contribution in [1.29, 1.82) is 0 Å². The molecule has 1 atom stereocenters. The van der Waals surface area contributed by atoms with Crippen molar-refractivity contribution < 1.29 is 9.84 Å². The lowest BCUT2D eigenvalue weighted by atomic mass is 10.1. The average molecular weight is 278 g/mol. The Morgan fingerprint density at radius 3 is 2.76 bits per heavy atom. The van der Waals surface area contributed by atoms with E-state index in [0.29, 0.717) is 6.10 Å². The van der Waals surface area contributed by atoms with Crippen molar-refractivity contribution in [2.45, 2.75) is 25.0 Å². The van der Waals surface area contributed by atoms with Gasteiger partial charge in [0.2, 0.25) is 0 Å². The number of likely N-dealkylation sites (tertiary alicyclic amines) is 1. The second-order valence-electron chi connectivity index (χ2n) is 4.75. The molecule has 0 amide bonds. The fourth-order valence-electron chi connectivity index (χ4n) is 2.17. The minimum absolute atomic E-state index is 0.0735. The second-order valence-corrected chi connectivity index (χ2v) is 6.32. The molecule has 6 heteroatoms. The first-order valence-corrected chi connectivity index (χ1v) is 7.83. The topological polar surface area (TPSA) is 35.9 Å². The summed E-state index contributed by atoms with van der Waals surface area (Å²) in [6.45, 7) is 4.70. The van der Waals surface area contributed by atoms with Crippen LogP contribution in [0.25, 0.3) is 0 Å². The van der Waals surface area contributed by atoms with Crippen molar-refractivity contribution >= 4 is 24.6 Å². The van der Waals surface area contributed by atoms with Gasteiger partial charge in [0.1, 0.15) is 0 Å². The molecule has 2 rings (SSSR count). The van der Waals surface area contributed by atoms with Crippen molar-refractivity contribution in [3.63, 3.8) is 0 Å². The van der Waals surface area contributed by atoms with E-state index >= 15 is 0 Å². The quantitative estimate of drug-likeness (QED) is 0.740. The predicted molar refractivity (Wildman–Crippen MR) is 74.4 cm³/mol. The van der Waals surface area contributed by atoms with Gasteiger partial charge in [-0.15, -0.1) is 11.8 Å². The molecule has 2 saturated heterocycles. The van der Waals surface area contributed by atoms with Crippen LogP contribution in [-0.2, 0) is 4.74 Å². The zero-order valence-corrected chi connectivity index (χ0v) is 11.8. The number of hydrogen-bond donors (Lipinski definition) is 2. The molecule has 4 nitrogen and oxygen atoms in total. The van der Waals surface area contributed by atoms with Crippen molar-refractivity contribution in [1.82, 2.24) is 9.21 Å². The number of aliphatic hydroxyl groups is 1. The van der Waals surface area contributed by atoms with Crippen LogP contribution in [-0.4, -0.2) is 70.9 Å². The van der Waals surface area contributed by atoms with Crippen LogP contribution in [0.4, 0.5) is 0 Å². The summed E-state index contributed by atoms with van der Waals surface area (Å²) in [7, 11) is 0. The standard InChI is InChI=1S/C11H22N2O2S2/c14-10-1-3-12(4-2-10)9-17-8-11-7-13(16)5-6-15-11/h10-11,14,16H,1-9H2. The first-order valence-electron chi connectivity index (χ1n) is 6.27. The average Bonchev–Trinajstić information content (AvgIpc) is 2.32. The summed E-state index contributed by atoms with van der Waals surface area (Å²) in [6.07, 6.45) is 2.09. The van der Waals surface area contributed by atoms with Crippen LogP contribution in [0.5, 0.6) is 0 Å². The van der Waals surface area contributed by atoms with Crippen LogP contribution >= 0.6 is 24.6 Å². The molecule has 0 aromatic heterocycles. The van der Waals surface area contributed by atoms with Gasteiger partial charge in [-0.2, -0.15) is 0 Å². The van der Waals surface area contributed by atoms with E-state index in [1.807, 2.05) is 16.1 Å². The summed E-state index contributed by atoms with van der Waals surface area (Å²) in [5.74, 6) is 2.09. The van der Waals surface area contributed by atoms with Gasteiger partial charge < -0.3 is 9.84 Å². The number of rotatable bonds is 4. The maximum absolute atomic E-state index is 9.42. The summed E-state index contributed by atoms with van der Waals surface area (Å²) in [5.41, 5.74) is 0. The molecule has 0 aliphatic carbocycles. The fraction of sp³-hybridized carbons (Fsp3) is 1.00. The highest BCUT2D eigenvalue weighted by Crippen LogP contribution is 2.16. The van der Waals surface area contributed by atoms with Gasteiger partial charge in [-0.05, 0) is 12.8 Å². The molecule has 0 radical (unpaired) electrons. The molecule has 17 heavy (non-hydrogen) atoms. The highest BCUT2D eigenvalue weighted by atomic mass is 32.2. The Hall–Kier alpha value is 0.540. The molecule has 2 aliphatic rings. The number of piperidine rings is 1. The highest BCUT2D eigenvalue weighted by molar-refractivity contribution is 7.99. The molecular weight excluding hydrogens is 256 g/mol. The Bertz CT molecular complexity index is 226. The number of ether oxygens (including phenoxy) is 1. The monoisotopic (exact) mass is 278 g/mol. The molecule has 0 aromatic rings. The van der Waals surface area contributed by atoms with Gasteiger partial charge in [0.15, 0.2) is 0 Å². The summed E-state index contributed by atoms with van der Waals surface area (Å²) in [6, 6.07) is 0. The summed E-state index contributed by atoms with van der Waals surface area (Å²) < 4.78 is 7.72. The lowest BCUT2D eigenvalue weighted by molar-refractivity contribution is 0.0168. The van der Waals surface area contributed by atoms with Gasteiger partial charge in [0.25, 0.3) is 0 Å². The van der Waals surface area contributed by atoms with E-state index in [4.69, 9.17) is 4.74 Å². The molecule has 100 valence electrons. The number of thiol groups is 1. The maximum atomic E-state index is 9.42. The third-order valence-corrected chi connectivity index (χ3v) is 4.77. The maximum Gasteiger partial charge on any atom is 0.0802 e. The number of nitrogens with zero attached hydrogens (tertiary/aromatic N) is 2. The Morgan fingerprint density at radius 2 is 2.06 bits per heavy atom. The molecule has 2 fully saturated rings. The first kappa shape index (κ1) is 14.0. The van der Waals surface area contributed by atoms with Crippen LogP contribution in [0.15, 0.2) is 0 Å². The SMILES string of the molecule is OC1CCN(CSCC2CN(S)CCO2)CC1. The van der Waals surface area contributed by atoms with Gasteiger partial charge in [0.05, 0.1) is 18.8 Å². The smallest absolute Gasteiger partial charge is 0.0802 e. The van der Waals surface area contributed by atoms with Gasteiger partial charge in [-0.25, -0.2) is 4.31 Å². The summed E-state index contributed by atoms with van der Waals surface area (Å²) >= 11 is 6.29. The minimum atomic E-state index is -0.0735. The molecule has 0 bridgehead atoms. The number of morpholine rings is 1. The fourth-order valence-corrected chi connectivity index (χ4v) is 3.52. The molecule has 1 N–H and O–H groups in total. The van der Waals surface area contributed by atoms with Gasteiger partial charge in [-0.1, -0.05) is 12.8 Å². The third-order valence-electron chi connectivity index (χ3n) is 3.25. The normalized spacial score (nSPS) is 29.6. The van der Waals surface area contributed by atoms with Gasteiger partial charge in [-0.3, -0.25) is 4.90 Å². The van der Waals surface area contributed by atoms with Crippen LogP contribution in [0, 0.1) is 0 Å². The van der Waals surface area contributed by atoms with E-state index < -0.39 is 0 Å².